The molecule has 1 aliphatic rings. The van der Waals surface area contributed by atoms with Crippen molar-refractivity contribution >= 4 is 15.7 Å². The van der Waals surface area contributed by atoms with Gasteiger partial charge in [-0.3, -0.25) is 9.48 Å². The van der Waals surface area contributed by atoms with E-state index in [1.54, 1.807) is 0 Å². The monoisotopic (exact) mass is 501 g/mol. The summed E-state index contributed by atoms with van der Waals surface area (Å²) in [5.74, 6) is -2.39. The van der Waals surface area contributed by atoms with Crippen molar-refractivity contribution < 1.29 is 43.9 Å². The van der Waals surface area contributed by atoms with E-state index < -0.39 is 62.2 Å². The molecule has 1 amide bonds. The molecular formula is C19H18F7N3O3S. The summed E-state index contributed by atoms with van der Waals surface area (Å²) in [7, 11) is -4.20. The Morgan fingerprint density at radius 1 is 1.06 bits per heavy atom. The molecule has 0 bridgehead atoms. The van der Waals surface area contributed by atoms with Gasteiger partial charge in [0.05, 0.1) is 15.7 Å². The van der Waals surface area contributed by atoms with Crippen molar-refractivity contribution in [2.24, 2.45) is 0 Å². The predicted molar refractivity (Wildman–Crippen MR) is 100 cm³/mol. The van der Waals surface area contributed by atoms with E-state index in [-0.39, 0.29) is 37.4 Å². The summed E-state index contributed by atoms with van der Waals surface area (Å²) in [6.45, 7) is -1.45. The number of carbonyl (C=O) groups is 1. The van der Waals surface area contributed by atoms with Crippen LogP contribution in [0.5, 0.6) is 0 Å². The van der Waals surface area contributed by atoms with Gasteiger partial charge in [-0.25, -0.2) is 12.8 Å². The zero-order valence-corrected chi connectivity index (χ0v) is 17.6. The Morgan fingerprint density at radius 2 is 1.70 bits per heavy atom. The second-order valence-electron chi connectivity index (χ2n) is 7.62. The molecule has 33 heavy (non-hydrogen) atoms. The van der Waals surface area contributed by atoms with Crippen molar-refractivity contribution in [2.45, 2.75) is 60.8 Å². The summed E-state index contributed by atoms with van der Waals surface area (Å²) in [6, 6.07) is 2.06. The van der Waals surface area contributed by atoms with Crippen LogP contribution in [0.4, 0.5) is 30.7 Å². The molecule has 1 saturated carbocycles. The number of benzene rings is 1. The van der Waals surface area contributed by atoms with Crippen molar-refractivity contribution in [3.63, 3.8) is 0 Å². The maximum atomic E-state index is 13.5. The van der Waals surface area contributed by atoms with E-state index in [4.69, 9.17) is 0 Å². The molecule has 1 heterocycles. The molecule has 0 aliphatic heterocycles. The first-order valence-corrected chi connectivity index (χ1v) is 11.2. The van der Waals surface area contributed by atoms with Crippen LogP contribution in [0.1, 0.15) is 41.7 Å². The highest BCUT2D eigenvalue weighted by Crippen LogP contribution is 2.35. The molecular weight excluding hydrogens is 483 g/mol. The Kier molecular flexibility index (Phi) is 6.78. The largest absolute Gasteiger partial charge is 0.419 e. The minimum absolute atomic E-state index is 0.00613. The number of alkyl halides is 6. The second kappa shape index (κ2) is 8.95. The van der Waals surface area contributed by atoms with Crippen molar-refractivity contribution in [1.29, 1.82) is 0 Å². The van der Waals surface area contributed by atoms with Crippen LogP contribution < -0.4 is 5.32 Å². The molecule has 1 aromatic carbocycles. The summed E-state index contributed by atoms with van der Waals surface area (Å²) in [5, 5.41) is 4.96. The van der Waals surface area contributed by atoms with Crippen LogP contribution >= 0.6 is 0 Å². The standard InChI is InChI=1S/C19H18F7N3O3S/c20-15-6-5-13(9-14(15)19(24,25)26)33(31,32)12-3-1-11(2-4-12)28-17(30)16-7-8-27-29(16)10-18(21,22)23/h5-9,11-12H,1-4,10H2,(H,28,30). The van der Waals surface area contributed by atoms with Crippen LogP contribution in [0.25, 0.3) is 0 Å². The summed E-state index contributed by atoms with van der Waals surface area (Å²) in [5.41, 5.74) is -1.99. The molecule has 0 saturated heterocycles. The molecule has 1 aliphatic carbocycles. The smallest absolute Gasteiger partial charge is 0.348 e. The number of rotatable bonds is 5. The van der Waals surface area contributed by atoms with E-state index in [0.29, 0.717) is 10.7 Å². The molecule has 1 aromatic heterocycles. The van der Waals surface area contributed by atoms with Crippen LogP contribution in [0.3, 0.4) is 0 Å². The number of hydrogen-bond donors (Lipinski definition) is 1. The highest BCUT2D eigenvalue weighted by atomic mass is 32.2. The molecule has 0 unspecified atom stereocenters. The third kappa shape index (κ3) is 5.84. The van der Waals surface area contributed by atoms with Gasteiger partial charge >= 0.3 is 12.4 Å². The number of amides is 1. The Labute approximate surface area is 183 Å². The Balaban J connectivity index is 1.66. The molecule has 14 heteroatoms. The fourth-order valence-corrected chi connectivity index (χ4v) is 5.51. The van der Waals surface area contributed by atoms with Gasteiger partial charge < -0.3 is 5.32 Å². The highest BCUT2D eigenvalue weighted by molar-refractivity contribution is 7.92. The maximum Gasteiger partial charge on any atom is 0.419 e. The van der Waals surface area contributed by atoms with E-state index in [1.165, 1.54) is 0 Å². The van der Waals surface area contributed by atoms with Crippen molar-refractivity contribution in [1.82, 2.24) is 15.1 Å². The molecule has 1 N–H and O–H groups in total. The minimum Gasteiger partial charge on any atom is -0.348 e. The van der Waals surface area contributed by atoms with Gasteiger partial charge in [-0.2, -0.15) is 31.4 Å². The third-order valence-electron chi connectivity index (χ3n) is 5.30. The number of sulfone groups is 1. The number of carbonyl (C=O) groups excluding carboxylic acids is 1. The normalized spacial score (nSPS) is 20.0. The van der Waals surface area contributed by atoms with Crippen LogP contribution in [0.15, 0.2) is 35.4 Å². The quantitative estimate of drug-likeness (QED) is 0.494. The number of nitrogens with one attached hydrogen (secondary N) is 1. The highest BCUT2D eigenvalue weighted by Gasteiger charge is 2.38. The fraction of sp³-hybridized carbons (Fsp3) is 0.474. The number of hydrogen-bond acceptors (Lipinski definition) is 4. The number of aromatic nitrogens is 2. The SMILES string of the molecule is O=C(NC1CCC(S(=O)(=O)c2ccc(F)c(C(F)(F)F)c2)CC1)c1ccnn1CC(F)(F)F. The Hall–Kier alpha value is -2.64. The van der Waals surface area contributed by atoms with Crippen LogP contribution in [-0.4, -0.2) is 41.6 Å². The molecule has 2 aromatic rings. The molecule has 182 valence electrons. The molecule has 6 nitrogen and oxygen atoms in total. The average Bonchev–Trinajstić information content (AvgIpc) is 3.14. The zero-order valence-electron chi connectivity index (χ0n) is 16.8. The van der Waals surface area contributed by atoms with Crippen LogP contribution in [0.2, 0.25) is 0 Å². The van der Waals surface area contributed by atoms with Gasteiger partial charge in [-0.1, -0.05) is 0 Å². The van der Waals surface area contributed by atoms with E-state index in [9.17, 15) is 43.9 Å². The van der Waals surface area contributed by atoms with Gasteiger partial charge in [0.1, 0.15) is 18.1 Å². The Bertz CT molecular complexity index is 1120. The van der Waals surface area contributed by atoms with Crippen molar-refractivity contribution in [3.8, 4) is 0 Å². The van der Waals surface area contributed by atoms with E-state index in [1.807, 2.05) is 0 Å². The molecule has 1 fully saturated rings. The number of nitrogens with zero attached hydrogens (tertiary/aromatic N) is 2. The topological polar surface area (TPSA) is 81.1 Å². The van der Waals surface area contributed by atoms with Gasteiger partial charge in [0.15, 0.2) is 9.84 Å². The van der Waals surface area contributed by atoms with Gasteiger partial charge in [0, 0.05) is 12.2 Å². The van der Waals surface area contributed by atoms with Crippen molar-refractivity contribution in [3.05, 3.63) is 47.5 Å². The van der Waals surface area contributed by atoms with E-state index in [2.05, 4.69) is 10.4 Å². The summed E-state index contributed by atoms with van der Waals surface area (Å²) >= 11 is 0. The summed E-state index contributed by atoms with van der Waals surface area (Å²) in [4.78, 5) is 11.7. The first-order chi connectivity index (χ1) is 15.2. The zero-order chi connectivity index (χ0) is 24.6. The number of halogens is 7. The lowest BCUT2D eigenvalue weighted by Gasteiger charge is -2.29. The first kappa shape index (κ1) is 25.0. The fourth-order valence-electron chi connectivity index (χ4n) is 3.69. The minimum atomic E-state index is -5.06. The van der Waals surface area contributed by atoms with Gasteiger partial charge in [-0.05, 0) is 49.9 Å². The average molecular weight is 501 g/mol. The third-order valence-corrected chi connectivity index (χ3v) is 7.56. The van der Waals surface area contributed by atoms with Crippen LogP contribution in [0, 0.1) is 5.82 Å². The lowest BCUT2D eigenvalue weighted by atomic mass is 9.95. The van der Waals surface area contributed by atoms with Crippen LogP contribution in [-0.2, 0) is 22.6 Å². The summed E-state index contributed by atoms with van der Waals surface area (Å²) < 4.78 is 116. The van der Waals surface area contributed by atoms with Gasteiger partial charge in [-0.15, -0.1) is 0 Å². The van der Waals surface area contributed by atoms with E-state index >= 15 is 0 Å². The molecule has 0 spiro atoms. The maximum absolute atomic E-state index is 13.5. The Morgan fingerprint density at radius 3 is 2.27 bits per heavy atom. The first-order valence-electron chi connectivity index (χ1n) is 9.68. The lowest BCUT2D eigenvalue weighted by Crippen LogP contribution is -2.41. The van der Waals surface area contributed by atoms with Crippen molar-refractivity contribution in [2.75, 3.05) is 0 Å². The lowest BCUT2D eigenvalue weighted by molar-refractivity contribution is -0.143. The molecule has 3 rings (SSSR count). The van der Waals surface area contributed by atoms with Gasteiger partial charge in [0.2, 0.25) is 0 Å². The predicted octanol–water partition coefficient (Wildman–Crippen LogP) is 4.12. The molecule has 0 radical (unpaired) electrons. The van der Waals surface area contributed by atoms with Gasteiger partial charge in [0.25, 0.3) is 5.91 Å². The van der Waals surface area contributed by atoms with E-state index in [0.717, 1.165) is 18.3 Å². The summed E-state index contributed by atoms with van der Waals surface area (Å²) in [6.07, 6.45) is -8.34. The molecule has 0 atom stereocenters. The second-order valence-corrected chi connectivity index (χ2v) is 9.85.